The van der Waals surface area contributed by atoms with Crippen LogP contribution in [0.3, 0.4) is 0 Å². The summed E-state index contributed by atoms with van der Waals surface area (Å²) in [6, 6.07) is 17.1. The van der Waals surface area contributed by atoms with Gasteiger partial charge < -0.3 is 61.7 Å². The van der Waals surface area contributed by atoms with Gasteiger partial charge in [0.15, 0.2) is 0 Å². The van der Waals surface area contributed by atoms with Gasteiger partial charge >= 0.3 is 11.9 Å². The van der Waals surface area contributed by atoms with Gasteiger partial charge in [0.1, 0.15) is 5.75 Å². The lowest BCUT2D eigenvalue weighted by Gasteiger charge is -2.50. The average Bonchev–Trinajstić information content (AvgIpc) is 2.36. The fraction of sp³-hybridized carbons (Fsp3) is 0.629. The van der Waals surface area contributed by atoms with Crippen molar-refractivity contribution in [3.63, 3.8) is 0 Å². The number of aromatic hydroxyl groups is 1. The van der Waals surface area contributed by atoms with Crippen LogP contribution >= 0.6 is 0 Å². The number of carboxylic acid groups (broad SMARTS) is 2. The van der Waals surface area contributed by atoms with E-state index in [1.54, 1.807) is 37.3 Å². The molecule has 84 heavy (non-hydrogen) atoms. The maximum Gasteiger partial charge on any atom is 0.310 e. The molecule has 0 unspecified atom stereocenters. The van der Waals surface area contributed by atoms with Crippen LogP contribution in [0.5, 0.6) is 5.75 Å². The predicted octanol–water partition coefficient (Wildman–Crippen LogP) is 8.74. The third kappa shape index (κ3) is 14.9. The van der Waals surface area contributed by atoms with Crippen molar-refractivity contribution in [2.45, 2.75) is 248 Å². The first kappa shape index (κ1) is 65.1. The average molecular weight is 1160 g/mol. The standard InChI is InChI=1S/C70H98N2O12/c1-5-7-17-60(76)61(77)30-25-50-24-23-49-15-12-14-48(6-2)55(49)16-13-36-70(67(4,84)41-46-20-26-53(74)27-21-46)42-47-19-22-51(52(37-47)43-69(66(82)83)35-11-10-34-68(69)32-8-9-33-68)38-63(79)56-28-18-45(3)71-65(58(56)40-64(80)81)62(78)31-29-59(72-70)57(50)39-54(75)44-73/h12,14-15,19-22,25-27,30,37,45,54,56,58-63,65,71-79,84H,5-11,17-18,23-24,28-29,31-36,38-44H2,1-4H3,(H,80,81)(H,82,83)/b30-25+,57-50+/t45-,54-,56+,58-,59+,60-,61+,62+,63+,65+,67-,69+,70+/m0/s1. The number of unbranched alkanes of at least 4 members (excludes halogenated alkanes) is 1. The third-order valence-corrected chi connectivity index (χ3v) is 20.8. The summed E-state index contributed by atoms with van der Waals surface area (Å²) in [7, 11) is 0. The zero-order valence-electron chi connectivity index (χ0n) is 50.4. The first-order chi connectivity index (χ1) is 40.2. The summed E-state index contributed by atoms with van der Waals surface area (Å²) in [5, 5.41) is 126. The Morgan fingerprint density at radius 1 is 0.869 bits per heavy atom. The molecule has 13 atom stereocenters. The summed E-state index contributed by atoms with van der Waals surface area (Å²) >= 11 is 0. The van der Waals surface area contributed by atoms with Gasteiger partial charge in [-0.1, -0.05) is 125 Å². The van der Waals surface area contributed by atoms with E-state index in [0.29, 0.717) is 62.5 Å². The lowest BCUT2D eigenvalue weighted by molar-refractivity contribution is -0.163. The van der Waals surface area contributed by atoms with Gasteiger partial charge in [-0.25, -0.2) is 0 Å². The van der Waals surface area contributed by atoms with E-state index >= 15 is 0 Å². The molecule has 6 aliphatic rings. The molecule has 3 aromatic rings. The monoisotopic (exact) mass is 1160 g/mol. The van der Waals surface area contributed by atoms with Crippen LogP contribution in [0.25, 0.3) is 0 Å². The molecule has 6 bridgehead atoms. The molecule has 14 nitrogen and oxygen atoms in total. The molecule has 460 valence electrons. The molecule has 2 saturated carbocycles. The molecule has 9 rings (SSSR count). The van der Waals surface area contributed by atoms with Crippen LogP contribution in [0.1, 0.15) is 189 Å². The smallest absolute Gasteiger partial charge is 0.310 e. The molecule has 0 aromatic heterocycles. The highest BCUT2D eigenvalue weighted by Gasteiger charge is 2.58. The van der Waals surface area contributed by atoms with Crippen molar-refractivity contribution < 1.29 is 60.7 Å². The minimum atomic E-state index is -1.72. The number of aliphatic hydroxyl groups excluding tert-OH is 6. The minimum absolute atomic E-state index is 0.0417. The highest BCUT2D eigenvalue weighted by atomic mass is 16.4. The fourth-order valence-electron chi connectivity index (χ4n) is 15.9. The van der Waals surface area contributed by atoms with Crippen LogP contribution in [0, 0.1) is 34.5 Å². The Morgan fingerprint density at radius 3 is 2.27 bits per heavy atom. The number of fused-ring (bicyclic) bond motifs is 6. The van der Waals surface area contributed by atoms with Crippen molar-refractivity contribution in [2.75, 3.05) is 6.61 Å². The summed E-state index contributed by atoms with van der Waals surface area (Å²) in [6.45, 7) is 7.29. The summed E-state index contributed by atoms with van der Waals surface area (Å²) in [5.74, 6) is 4.11. The first-order valence-electron chi connectivity index (χ1n) is 31.8. The maximum absolute atomic E-state index is 14.3. The number of nitrogens with one attached hydrogen (secondary N) is 2. The van der Waals surface area contributed by atoms with Crippen molar-refractivity contribution >= 4 is 11.9 Å². The molecule has 2 aliphatic carbocycles. The number of rotatable bonds is 18. The van der Waals surface area contributed by atoms with Gasteiger partial charge in [0, 0.05) is 36.5 Å². The number of carboxylic acids is 2. The SMILES string of the molecule is CCCC[C@H](O)[C@H](O)/C=C/C1=C(\C[C@H](O)CO)[C@H]2CC[C@@H](O)[C@@H]3N[C@@H](C)CC[C@H]([C@@H]3CC(=O)O)[C@H](O)Cc3ccc(cc3C[C@@]3(C(=O)O)CCCCC34CCCC4)C[C@@]([C@@](C)(O)Cc3ccc(O)cc3)(CC#Cc3c(CC)cccc3CC1)N2. The van der Waals surface area contributed by atoms with Crippen molar-refractivity contribution in [2.24, 2.45) is 22.7 Å². The molecule has 1 saturated heterocycles. The van der Waals surface area contributed by atoms with E-state index in [4.69, 9.17) is 0 Å². The largest absolute Gasteiger partial charge is 0.508 e. The summed E-state index contributed by atoms with van der Waals surface area (Å²) in [5.41, 5.74) is 2.56. The molecule has 3 fully saturated rings. The lowest BCUT2D eigenvalue weighted by atomic mass is 9.52. The topological polar surface area (TPSA) is 260 Å². The van der Waals surface area contributed by atoms with E-state index in [1.807, 2.05) is 38.1 Å². The van der Waals surface area contributed by atoms with E-state index < -0.39 is 95.0 Å². The van der Waals surface area contributed by atoms with Crippen LogP contribution < -0.4 is 10.6 Å². The van der Waals surface area contributed by atoms with Gasteiger partial charge in [-0.05, 0) is 190 Å². The van der Waals surface area contributed by atoms with E-state index in [2.05, 4.69) is 47.6 Å². The van der Waals surface area contributed by atoms with Gasteiger partial charge in [0.2, 0.25) is 0 Å². The summed E-state index contributed by atoms with van der Waals surface area (Å²) < 4.78 is 0. The van der Waals surface area contributed by atoms with E-state index in [0.717, 1.165) is 90.3 Å². The Hall–Kier alpha value is -4.92. The molecule has 1 spiro atoms. The number of aliphatic carboxylic acids is 2. The quantitative estimate of drug-likeness (QED) is 0.0532. The molecule has 4 heterocycles. The first-order valence-corrected chi connectivity index (χ1v) is 31.8. The maximum atomic E-state index is 14.3. The van der Waals surface area contributed by atoms with E-state index in [9.17, 15) is 60.7 Å². The van der Waals surface area contributed by atoms with Crippen molar-refractivity contribution in [1.82, 2.24) is 10.6 Å². The van der Waals surface area contributed by atoms with E-state index in [1.165, 1.54) is 0 Å². The Kier molecular flexibility index (Phi) is 22.3. The Morgan fingerprint density at radius 2 is 1.60 bits per heavy atom. The third-order valence-electron chi connectivity index (χ3n) is 20.8. The van der Waals surface area contributed by atoms with Crippen molar-refractivity contribution in [3.05, 3.63) is 123 Å². The molecular weight excluding hydrogens is 1060 g/mol. The number of hydrogen-bond acceptors (Lipinski definition) is 12. The number of carbonyl (C=O) groups is 2. The number of aliphatic hydroxyl groups is 7. The van der Waals surface area contributed by atoms with Gasteiger partial charge in [0.25, 0.3) is 0 Å². The summed E-state index contributed by atoms with van der Waals surface area (Å²) in [4.78, 5) is 27.4. The van der Waals surface area contributed by atoms with Crippen LogP contribution in [-0.4, -0.2) is 129 Å². The zero-order chi connectivity index (χ0) is 60.4. The normalized spacial score (nSPS) is 30.4. The molecule has 3 aromatic carbocycles. The Labute approximate surface area is 498 Å². The number of allylic oxidation sites excluding steroid dienone is 2. The van der Waals surface area contributed by atoms with E-state index in [-0.39, 0.29) is 69.6 Å². The highest BCUT2D eigenvalue weighted by Crippen LogP contribution is 2.61. The second-order valence-corrected chi connectivity index (χ2v) is 26.4. The number of phenols is 1. The van der Waals surface area contributed by atoms with Gasteiger partial charge in [0.05, 0.1) is 60.1 Å². The molecule has 14 heteroatoms. The van der Waals surface area contributed by atoms with Gasteiger partial charge in [-0.15, -0.1) is 0 Å². The van der Waals surface area contributed by atoms with Crippen LogP contribution in [0.2, 0.25) is 0 Å². The van der Waals surface area contributed by atoms with Crippen LogP contribution in [-0.2, 0) is 48.1 Å². The van der Waals surface area contributed by atoms with Crippen molar-refractivity contribution in [3.8, 4) is 17.6 Å². The van der Waals surface area contributed by atoms with Gasteiger partial charge in [-0.3, -0.25) is 9.59 Å². The van der Waals surface area contributed by atoms with Crippen LogP contribution in [0.15, 0.2) is 84.0 Å². The number of phenolic OH excluding ortho intramolecular Hbond substituents is 1. The minimum Gasteiger partial charge on any atom is -0.508 e. The zero-order valence-corrected chi connectivity index (χ0v) is 50.4. The second-order valence-electron chi connectivity index (χ2n) is 26.4. The molecule has 0 radical (unpaired) electrons. The van der Waals surface area contributed by atoms with Gasteiger partial charge in [-0.2, -0.15) is 0 Å². The number of benzene rings is 3. The summed E-state index contributed by atoms with van der Waals surface area (Å²) in [6.07, 6.45) is 9.09. The second kappa shape index (κ2) is 28.7. The highest BCUT2D eigenvalue weighted by molar-refractivity contribution is 5.77. The number of aryl methyl sites for hydroxylation is 2. The molecular formula is C70H98N2O12. The predicted molar refractivity (Wildman–Crippen MR) is 326 cm³/mol. The molecule has 4 aliphatic heterocycles. The lowest BCUT2D eigenvalue weighted by Crippen LogP contribution is -2.66. The fourth-order valence-corrected chi connectivity index (χ4v) is 15.9. The van der Waals surface area contributed by atoms with Crippen LogP contribution in [0.4, 0.5) is 0 Å². The molecule has 0 amide bonds. The Balaban J connectivity index is 1.45. The Bertz CT molecular complexity index is 2830. The molecule has 12 N–H and O–H groups in total. The number of hydrogen-bond donors (Lipinski definition) is 12. The van der Waals surface area contributed by atoms with Crippen molar-refractivity contribution in [1.29, 1.82) is 0 Å².